The molecule has 24 heavy (non-hydrogen) atoms. The van der Waals surface area contributed by atoms with Crippen LogP contribution in [0.2, 0.25) is 0 Å². The molecule has 0 saturated heterocycles. The average Bonchev–Trinajstić information content (AvgIpc) is 2.99. The molecular weight excluding hydrogens is 445 g/mol. The lowest BCUT2D eigenvalue weighted by molar-refractivity contribution is 0.583. The van der Waals surface area contributed by atoms with E-state index in [1.165, 1.54) is 0 Å². The fourth-order valence-corrected chi connectivity index (χ4v) is 2.45. The average molecular weight is 473 g/mol. The van der Waals surface area contributed by atoms with Crippen LogP contribution in [0.15, 0.2) is 11.3 Å². The van der Waals surface area contributed by atoms with Crippen LogP contribution in [0, 0.1) is 0 Å². The molecule has 0 bridgehead atoms. The van der Waals surface area contributed by atoms with Crippen LogP contribution in [0.5, 0.6) is 0 Å². The van der Waals surface area contributed by atoms with E-state index in [-0.39, 0.29) is 36.3 Å². The maximum Gasteiger partial charge on any atom is 0.211 e. The van der Waals surface area contributed by atoms with Gasteiger partial charge in [-0.2, -0.15) is 0 Å². The van der Waals surface area contributed by atoms with E-state index in [0.29, 0.717) is 19.0 Å². The molecule has 0 fully saturated rings. The van der Waals surface area contributed by atoms with Gasteiger partial charge in [-0.25, -0.2) is 13.1 Å². The molecule has 1 aromatic rings. The minimum absolute atomic E-state index is 0. The number of hydrogen-bond donors (Lipinski definition) is 3. The molecule has 11 heteroatoms. The van der Waals surface area contributed by atoms with E-state index in [9.17, 15) is 8.42 Å². The van der Waals surface area contributed by atoms with E-state index < -0.39 is 10.0 Å². The molecule has 0 aromatic carbocycles. The molecule has 0 amide bonds. The maximum atomic E-state index is 11.3. The number of nitrogens with zero attached hydrogens (tertiary/aromatic N) is 4. The van der Waals surface area contributed by atoms with Crippen molar-refractivity contribution in [1.82, 2.24) is 30.1 Å². The van der Waals surface area contributed by atoms with Crippen molar-refractivity contribution in [3.8, 4) is 0 Å². The van der Waals surface area contributed by atoms with Crippen LogP contribution in [0.4, 0.5) is 0 Å². The highest BCUT2D eigenvalue weighted by Crippen LogP contribution is 1.94. The highest BCUT2D eigenvalue weighted by atomic mass is 127. The molecule has 1 aromatic heterocycles. The predicted octanol–water partition coefficient (Wildman–Crippen LogP) is -0.0471. The van der Waals surface area contributed by atoms with Crippen LogP contribution in [0.25, 0.3) is 0 Å². The van der Waals surface area contributed by atoms with E-state index in [1.54, 1.807) is 13.3 Å². The lowest BCUT2D eigenvalue weighted by Crippen LogP contribution is -2.39. The number of nitrogens with one attached hydrogen (secondary N) is 3. The van der Waals surface area contributed by atoms with Crippen molar-refractivity contribution in [3.05, 3.63) is 12.2 Å². The van der Waals surface area contributed by atoms with Crippen molar-refractivity contribution in [2.45, 2.75) is 33.7 Å². The Labute approximate surface area is 161 Å². The lowest BCUT2D eigenvalue weighted by atomic mass is 10.4. The lowest BCUT2D eigenvalue weighted by Gasteiger charge is -2.12. The molecule has 0 atom stereocenters. The topological polar surface area (TPSA) is 113 Å². The second-order valence-electron chi connectivity index (χ2n) is 4.78. The van der Waals surface area contributed by atoms with Gasteiger partial charge in [-0.05, 0) is 13.8 Å². The number of aryl methyl sites for hydroxylation is 1. The summed E-state index contributed by atoms with van der Waals surface area (Å²) in [6.07, 6.45) is 2.55. The Bertz CT molecular complexity index is 589. The van der Waals surface area contributed by atoms with Crippen molar-refractivity contribution in [3.63, 3.8) is 0 Å². The summed E-state index contributed by atoms with van der Waals surface area (Å²) in [6, 6.07) is 0. The molecule has 1 heterocycles. The zero-order valence-electron chi connectivity index (χ0n) is 14.4. The molecule has 0 unspecified atom stereocenters. The predicted molar refractivity (Wildman–Crippen MR) is 106 cm³/mol. The van der Waals surface area contributed by atoms with Crippen LogP contribution in [-0.2, 0) is 23.0 Å². The third-order valence-electron chi connectivity index (χ3n) is 3.09. The van der Waals surface area contributed by atoms with Gasteiger partial charge >= 0.3 is 0 Å². The van der Waals surface area contributed by atoms with E-state index in [1.807, 2.05) is 18.4 Å². The van der Waals surface area contributed by atoms with Crippen LogP contribution in [-0.4, -0.2) is 61.1 Å². The molecule has 0 aliphatic rings. The van der Waals surface area contributed by atoms with Crippen molar-refractivity contribution in [2.24, 2.45) is 4.99 Å². The fraction of sp³-hybridized carbons (Fsp3) is 0.769. The Hall–Kier alpha value is -0.950. The third kappa shape index (κ3) is 8.78. The molecule has 0 aliphatic heterocycles. The number of aromatic nitrogens is 3. The molecule has 3 N–H and O–H groups in total. The minimum Gasteiger partial charge on any atom is -0.357 e. The Morgan fingerprint density at radius 3 is 2.62 bits per heavy atom. The molecular formula is C13H28IN7O2S. The minimum atomic E-state index is -3.16. The van der Waals surface area contributed by atoms with E-state index in [2.05, 4.69) is 30.5 Å². The van der Waals surface area contributed by atoms with Gasteiger partial charge in [-0.1, -0.05) is 6.92 Å². The highest BCUT2D eigenvalue weighted by molar-refractivity contribution is 14.0. The van der Waals surface area contributed by atoms with Crippen molar-refractivity contribution in [2.75, 3.05) is 31.9 Å². The first kappa shape index (κ1) is 23.1. The number of guanidine groups is 1. The van der Waals surface area contributed by atoms with Gasteiger partial charge in [0.25, 0.3) is 0 Å². The van der Waals surface area contributed by atoms with Crippen molar-refractivity contribution in [1.29, 1.82) is 0 Å². The van der Waals surface area contributed by atoms with Crippen molar-refractivity contribution < 1.29 is 8.42 Å². The van der Waals surface area contributed by atoms with Crippen LogP contribution < -0.4 is 15.4 Å². The zero-order valence-corrected chi connectivity index (χ0v) is 17.6. The van der Waals surface area contributed by atoms with Gasteiger partial charge in [0.2, 0.25) is 10.0 Å². The molecule has 0 spiro atoms. The summed E-state index contributed by atoms with van der Waals surface area (Å²) >= 11 is 0. The van der Waals surface area contributed by atoms with Gasteiger partial charge < -0.3 is 15.2 Å². The van der Waals surface area contributed by atoms with Gasteiger partial charge in [0.05, 0.1) is 12.3 Å². The van der Waals surface area contributed by atoms with E-state index >= 15 is 0 Å². The van der Waals surface area contributed by atoms with Crippen LogP contribution in [0.3, 0.4) is 0 Å². The first-order chi connectivity index (χ1) is 11.0. The third-order valence-corrected chi connectivity index (χ3v) is 4.49. The molecule has 0 radical (unpaired) electrons. The van der Waals surface area contributed by atoms with Crippen LogP contribution >= 0.6 is 24.0 Å². The maximum absolute atomic E-state index is 11.3. The Kier molecular flexibility index (Phi) is 11.9. The largest absolute Gasteiger partial charge is 0.357 e. The summed E-state index contributed by atoms with van der Waals surface area (Å²) in [5, 5.41) is 14.3. The summed E-state index contributed by atoms with van der Waals surface area (Å²) in [7, 11) is -3.16. The molecule has 9 nitrogen and oxygen atoms in total. The molecule has 0 aliphatic carbocycles. The monoisotopic (exact) mass is 473 g/mol. The Balaban J connectivity index is 0.00000529. The summed E-state index contributed by atoms with van der Waals surface area (Å²) in [5.74, 6) is 1.69. The van der Waals surface area contributed by atoms with Gasteiger partial charge in [0.1, 0.15) is 12.2 Å². The number of aliphatic imine (C=N–C) groups is 1. The number of halogens is 1. The molecule has 0 saturated carbocycles. The summed E-state index contributed by atoms with van der Waals surface area (Å²) in [4.78, 5) is 4.34. The second-order valence-corrected chi connectivity index (χ2v) is 6.87. The van der Waals surface area contributed by atoms with E-state index in [0.717, 1.165) is 25.3 Å². The first-order valence-corrected chi connectivity index (χ1v) is 9.53. The molecule has 140 valence electrons. The van der Waals surface area contributed by atoms with Gasteiger partial charge in [0, 0.05) is 32.6 Å². The molecule has 1 rings (SSSR count). The number of hydrogen-bond acceptors (Lipinski definition) is 5. The van der Waals surface area contributed by atoms with Gasteiger partial charge in [-0.3, -0.25) is 4.99 Å². The number of sulfonamides is 1. The quantitative estimate of drug-likeness (QED) is 0.190. The normalized spacial score (nSPS) is 11.9. The summed E-state index contributed by atoms with van der Waals surface area (Å²) in [5.41, 5.74) is 0. The highest BCUT2D eigenvalue weighted by Gasteiger charge is 2.05. The van der Waals surface area contributed by atoms with Crippen molar-refractivity contribution >= 4 is 40.0 Å². The van der Waals surface area contributed by atoms with Crippen LogP contribution in [0.1, 0.15) is 26.6 Å². The first-order valence-electron chi connectivity index (χ1n) is 7.88. The van der Waals surface area contributed by atoms with Gasteiger partial charge in [0.15, 0.2) is 5.96 Å². The fourth-order valence-electron chi connectivity index (χ4n) is 1.85. The number of rotatable bonds is 10. The Morgan fingerprint density at radius 2 is 2.00 bits per heavy atom. The van der Waals surface area contributed by atoms with Gasteiger partial charge in [-0.15, -0.1) is 34.2 Å². The smallest absolute Gasteiger partial charge is 0.211 e. The SMILES string of the molecule is CCNC(=NCCNS(=O)(=O)CC)NCCn1cnnc1CC.I. The second kappa shape index (κ2) is 12.4. The Morgan fingerprint density at radius 1 is 1.25 bits per heavy atom. The zero-order chi connectivity index (χ0) is 17.1. The standard InChI is InChI=1S/C13H27N7O2S.HI/c1-4-12-19-17-11-20(12)10-9-16-13(14-5-2)15-7-8-18-23(21,22)6-3;/h11,18H,4-10H2,1-3H3,(H2,14,15,16);1H. The summed E-state index contributed by atoms with van der Waals surface area (Å²) in [6.45, 7) is 8.44. The van der Waals surface area contributed by atoms with E-state index in [4.69, 9.17) is 0 Å². The summed E-state index contributed by atoms with van der Waals surface area (Å²) < 4.78 is 27.1.